The van der Waals surface area contributed by atoms with Crippen molar-refractivity contribution in [3.8, 4) is 0 Å². The van der Waals surface area contributed by atoms with Gasteiger partial charge in [-0.3, -0.25) is 0 Å². The summed E-state index contributed by atoms with van der Waals surface area (Å²) in [5, 5.41) is 10.8. The average molecular weight is 270 g/mol. The van der Waals surface area contributed by atoms with Crippen LogP contribution in [0.4, 0.5) is 0 Å². The summed E-state index contributed by atoms with van der Waals surface area (Å²) in [4.78, 5) is 2.30. The van der Waals surface area contributed by atoms with Gasteiger partial charge in [-0.05, 0) is 38.4 Å². The normalized spacial score (nSPS) is 14.8. The highest BCUT2D eigenvalue weighted by Crippen LogP contribution is 2.25. The maximum absolute atomic E-state index is 10.2. The lowest BCUT2D eigenvalue weighted by molar-refractivity contribution is 0.137. The van der Waals surface area contributed by atoms with Gasteiger partial charge in [0.15, 0.2) is 0 Å². The highest BCUT2D eigenvalue weighted by molar-refractivity contribution is 6.31. The molecule has 0 amide bonds. The van der Waals surface area contributed by atoms with Gasteiger partial charge in [-0.15, -0.1) is 0 Å². The molecule has 18 heavy (non-hydrogen) atoms. The van der Waals surface area contributed by atoms with Crippen LogP contribution in [-0.4, -0.2) is 29.6 Å². The Kier molecular flexibility index (Phi) is 6.69. The Bertz CT molecular complexity index is 356. The Labute approximate surface area is 116 Å². The average Bonchev–Trinajstić information content (AvgIpc) is 2.36. The van der Waals surface area contributed by atoms with Crippen LogP contribution >= 0.6 is 11.6 Å². The van der Waals surface area contributed by atoms with E-state index in [1.54, 1.807) is 0 Å². The van der Waals surface area contributed by atoms with E-state index in [1.165, 1.54) is 12.8 Å². The topological polar surface area (TPSA) is 23.5 Å². The van der Waals surface area contributed by atoms with Crippen molar-refractivity contribution in [2.24, 2.45) is 0 Å². The Balaban J connectivity index is 2.46. The molecule has 0 aliphatic rings. The zero-order chi connectivity index (χ0) is 13.5. The van der Waals surface area contributed by atoms with Crippen LogP contribution in [0.1, 0.15) is 44.8 Å². The molecule has 0 bridgehead atoms. The molecule has 3 heteroatoms. The third kappa shape index (κ3) is 4.60. The monoisotopic (exact) mass is 269 g/mol. The van der Waals surface area contributed by atoms with Crippen LogP contribution < -0.4 is 0 Å². The number of benzene rings is 1. The summed E-state index contributed by atoms with van der Waals surface area (Å²) in [5.41, 5.74) is 0.829. The van der Waals surface area contributed by atoms with Gasteiger partial charge in [-0.1, -0.05) is 43.1 Å². The van der Waals surface area contributed by atoms with E-state index in [2.05, 4.69) is 25.8 Å². The van der Waals surface area contributed by atoms with Crippen molar-refractivity contribution in [3.05, 3.63) is 34.9 Å². The minimum Gasteiger partial charge on any atom is -0.388 e. The Hall–Kier alpha value is -0.570. The van der Waals surface area contributed by atoms with Crippen LogP contribution in [0.3, 0.4) is 0 Å². The Morgan fingerprint density at radius 2 is 1.94 bits per heavy atom. The molecule has 0 aliphatic heterocycles. The maximum atomic E-state index is 10.2. The largest absolute Gasteiger partial charge is 0.388 e. The summed E-state index contributed by atoms with van der Waals surface area (Å²) in [7, 11) is 2.11. The molecule has 0 saturated carbocycles. The molecule has 1 N–H and O–H groups in total. The third-order valence-corrected chi connectivity index (χ3v) is 3.82. The van der Waals surface area contributed by atoms with Crippen molar-refractivity contribution in [2.45, 2.75) is 45.3 Å². The molecule has 2 nitrogen and oxygen atoms in total. The summed E-state index contributed by atoms with van der Waals surface area (Å²) in [6.45, 7) is 5.31. The Morgan fingerprint density at radius 3 is 2.56 bits per heavy atom. The first-order valence-corrected chi connectivity index (χ1v) is 7.06. The van der Waals surface area contributed by atoms with Gasteiger partial charge in [-0.2, -0.15) is 0 Å². The predicted molar refractivity (Wildman–Crippen MR) is 78.0 cm³/mol. The van der Waals surface area contributed by atoms with Crippen molar-refractivity contribution in [2.75, 3.05) is 13.6 Å². The zero-order valence-electron chi connectivity index (χ0n) is 11.6. The first-order chi connectivity index (χ1) is 8.56. The van der Waals surface area contributed by atoms with E-state index < -0.39 is 6.10 Å². The highest BCUT2D eigenvalue weighted by Gasteiger charge is 2.14. The fraction of sp³-hybridized carbons (Fsp3) is 0.600. The van der Waals surface area contributed by atoms with Gasteiger partial charge in [0.2, 0.25) is 0 Å². The molecule has 0 aromatic heterocycles. The number of rotatable bonds is 7. The molecule has 2 atom stereocenters. The third-order valence-electron chi connectivity index (χ3n) is 3.48. The molecule has 0 fully saturated rings. The van der Waals surface area contributed by atoms with Gasteiger partial charge in [0.1, 0.15) is 0 Å². The molecule has 1 rings (SSSR count). The predicted octanol–water partition coefficient (Wildman–Crippen LogP) is 3.88. The molecule has 0 aliphatic carbocycles. The summed E-state index contributed by atoms with van der Waals surface area (Å²) < 4.78 is 0. The Morgan fingerprint density at radius 1 is 1.28 bits per heavy atom. The lowest BCUT2D eigenvalue weighted by atomic mass is 10.1. The van der Waals surface area contributed by atoms with Crippen LogP contribution in [0, 0.1) is 0 Å². The van der Waals surface area contributed by atoms with Gasteiger partial charge < -0.3 is 10.0 Å². The van der Waals surface area contributed by atoms with Crippen molar-refractivity contribution in [3.63, 3.8) is 0 Å². The van der Waals surface area contributed by atoms with E-state index in [9.17, 15) is 5.11 Å². The molecule has 2 unspecified atom stereocenters. The van der Waals surface area contributed by atoms with Crippen molar-refractivity contribution in [1.29, 1.82) is 0 Å². The van der Waals surface area contributed by atoms with Crippen LogP contribution in [0.15, 0.2) is 24.3 Å². The summed E-state index contributed by atoms with van der Waals surface area (Å²) >= 11 is 6.07. The standard InChI is InChI=1S/C15H24ClNO/c1-4-7-12(2)17(3)11-10-15(18)13-8-5-6-9-14(13)16/h5-6,8-9,12,15,18H,4,7,10-11H2,1-3H3. The van der Waals surface area contributed by atoms with Gasteiger partial charge in [0.25, 0.3) is 0 Å². The van der Waals surface area contributed by atoms with E-state index in [4.69, 9.17) is 11.6 Å². The molecular formula is C15H24ClNO. The quantitative estimate of drug-likeness (QED) is 0.812. The lowest BCUT2D eigenvalue weighted by Crippen LogP contribution is -2.30. The first kappa shape index (κ1) is 15.5. The maximum Gasteiger partial charge on any atom is 0.0816 e. The minimum absolute atomic E-state index is 0.477. The summed E-state index contributed by atoms with van der Waals surface area (Å²) in [6, 6.07) is 8.07. The van der Waals surface area contributed by atoms with Crippen LogP contribution in [-0.2, 0) is 0 Å². The lowest BCUT2D eigenvalue weighted by Gasteiger charge is -2.25. The highest BCUT2D eigenvalue weighted by atomic mass is 35.5. The SMILES string of the molecule is CCCC(C)N(C)CCC(O)c1ccccc1Cl. The van der Waals surface area contributed by atoms with Crippen molar-refractivity contribution in [1.82, 2.24) is 4.90 Å². The smallest absolute Gasteiger partial charge is 0.0816 e. The van der Waals surface area contributed by atoms with Crippen molar-refractivity contribution >= 4 is 11.6 Å². The van der Waals surface area contributed by atoms with Gasteiger partial charge in [0, 0.05) is 17.6 Å². The number of hydrogen-bond acceptors (Lipinski definition) is 2. The molecule has 0 radical (unpaired) electrons. The number of aliphatic hydroxyl groups is 1. The fourth-order valence-corrected chi connectivity index (χ4v) is 2.35. The van der Waals surface area contributed by atoms with Gasteiger partial charge >= 0.3 is 0 Å². The van der Waals surface area contributed by atoms with E-state index in [0.29, 0.717) is 17.5 Å². The van der Waals surface area contributed by atoms with E-state index in [1.807, 2.05) is 24.3 Å². The molecule has 1 aromatic rings. The summed E-state index contributed by atoms with van der Waals surface area (Å²) in [6.07, 6.45) is 2.63. The molecule has 0 heterocycles. The first-order valence-electron chi connectivity index (χ1n) is 6.69. The second kappa shape index (κ2) is 7.78. The second-order valence-corrected chi connectivity index (χ2v) is 5.35. The molecular weight excluding hydrogens is 246 g/mol. The van der Waals surface area contributed by atoms with Gasteiger partial charge in [-0.25, -0.2) is 0 Å². The van der Waals surface area contributed by atoms with E-state index in [0.717, 1.165) is 12.1 Å². The van der Waals surface area contributed by atoms with Gasteiger partial charge in [0.05, 0.1) is 6.10 Å². The molecule has 102 valence electrons. The van der Waals surface area contributed by atoms with Crippen molar-refractivity contribution < 1.29 is 5.11 Å². The number of nitrogens with zero attached hydrogens (tertiary/aromatic N) is 1. The van der Waals surface area contributed by atoms with Crippen LogP contribution in [0.25, 0.3) is 0 Å². The minimum atomic E-state index is -0.477. The van der Waals surface area contributed by atoms with E-state index >= 15 is 0 Å². The van der Waals surface area contributed by atoms with E-state index in [-0.39, 0.29) is 0 Å². The van der Waals surface area contributed by atoms with Crippen LogP contribution in [0.5, 0.6) is 0 Å². The summed E-state index contributed by atoms with van der Waals surface area (Å²) in [5.74, 6) is 0. The zero-order valence-corrected chi connectivity index (χ0v) is 12.3. The molecule has 1 aromatic carbocycles. The molecule has 0 spiro atoms. The molecule has 0 saturated heterocycles. The number of aliphatic hydroxyl groups excluding tert-OH is 1. The number of halogens is 1. The second-order valence-electron chi connectivity index (χ2n) is 4.94. The van der Waals surface area contributed by atoms with Crippen LogP contribution in [0.2, 0.25) is 5.02 Å². The fourth-order valence-electron chi connectivity index (χ4n) is 2.09. The number of hydrogen-bond donors (Lipinski definition) is 1.